The third-order valence-corrected chi connectivity index (χ3v) is 4.84. The van der Waals surface area contributed by atoms with Crippen LogP contribution in [-0.2, 0) is 9.31 Å². The minimum Gasteiger partial charge on any atom is -0.400 e. The van der Waals surface area contributed by atoms with E-state index in [1.54, 1.807) is 0 Å². The van der Waals surface area contributed by atoms with Crippen molar-refractivity contribution in [1.29, 1.82) is 5.26 Å². The van der Waals surface area contributed by atoms with Gasteiger partial charge in [0, 0.05) is 6.54 Å². The number of nitrogens with two attached hydrogens (primary N) is 1. The van der Waals surface area contributed by atoms with Crippen LogP contribution in [0.4, 0.5) is 0 Å². The van der Waals surface area contributed by atoms with Crippen molar-refractivity contribution in [2.24, 2.45) is 5.73 Å². The molecule has 1 aliphatic heterocycles. The molecule has 5 heteroatoms. The lowest BCUT2D eigenvalue weighted by atomic mass is 9.76. The third-order valence-electron chi connectivity index (χ3n) is 4.84. The number of benzene rings is 1. The molecule has 1 fully saturated rings. The first kappa shape index (κ1) is 17.7. The van der Waals surface area contributed by atoms with Crippen LogP contribution < -0.4 is 5.73 Å². The predicted molar refractivity (Wildman–Crippen MR) is 93.7 cm³/mol. The van der Waals surface area contributed by atoms with Crippen LogP contribution in [0.15, 0.2) is 17.6 Å². The molecular weight excluding hydrogens is 287 g/mol. The number of aryl methyl sites for hydroxylation is 2. The van der Waals surface area contributed by atoms with Gasteiger partial charge >= 0.3 is 7.12 Å². The molecule has 0 amide bonds. The van der Waals surface area contributed by atoms with E-state index in [1.165, 1.54) is 0 Å². The Hall–Kier alpha value is -1.61. The zero-order valence-electron chi connectivity index (χ0n) is 14.9. The SMILES string of the molecule is Cc1cc(C#N)cc(C)c1C=C(CN)B1OC(C)(C)C(C)(C)O1. The van der Waals surface area contributed by atoms with Gasteiger partial charge in [0.1, 0.15) is 0 Å². The van der Waals surface area contributed by atoms with E-state index in [4.69, 9.17) is 20.3 Å². The molecule has 0 radical (unpaired) electrons. The highest BCUT2D eigenvalue weighted by atomic mass is 16.7. The molecule has 1 aromatic carbocycles. The Bertz CT molecular complexity index is 648. The van der Waals surface area contributed by atoms with Gasteiger partial charge in [0.15, 0.2) is 0 Å². The summed E-state index contributed by atoms with van der Waals surface area (Å²) in [6.07, 6.45) is 2.04. The molecule has 0 atom stereocenters. The normalized spacial score (nSPS) is 19.7. The largest absolute Gasteiger partial charge is 0.491 e. The minimum atomic E-state index is -0.445. The topological polar surface area (TPSA) is 68.3 Å². The monoisotopic (exact) mass is 312 g/mol. The van der Waals surface area contributed by atoms with Gasteiger partial charge in [-0.3, -0.25) is 0 Å². The van der Waals surface area contributed by atoms with Gasteiger partial charge in [0.2, 0.25) is 0 Å². The number of rotatable bonds is 3. The van der Waals surface area contributed by atoms with Crippen LogP contribution >= 0.6 is 0 Å². The number of nitriles is 1. The van der Waals surface area contributed by atoms with Crippen molar-refractivity contribution in [3.05, 3.63) is 39.9 Å². The summed E-state index contributed by atoms with van der Waals surface area (Å²) in [6.45, 7) is 12.5. The van der Waals surface area contributed by atoms with Crippen LogP contribution in [0.5, 0.6) is 0 Å². The lowest BCUT2D eigenvalue weighted by Gasteiger charge is -2.32. The standard InChI is InChI=1S/C18H25BN2O2/c1-12-7-14(10-20)8-13(2)16(12)9-15(11-21)19-22-17(3,4)18(5,6)23-19/h7-9H,11,21H2,1-6H3. The number of hydrogen-bond acceptors (Lipinski definition) is 4. The van der Waals surface area contributed by atoms with Crippen LogP contribution in [0.1, 0.15) is 49.9 Å². The highest BCUT2D eigenvalue weighted by molar-refractivity contribution is 6.55. The quantitative estimate of drug-likeness (QED) is 0.871. The van der Waals surface area contributed by atoms with E-state index < -0.39 is 7.12 Å². The molecule has 4 nitrogen and oxygen atoms in total. The van der Waals surface area contributed by atoms with Crippen LogP contribution in [-0.4, -0.2) is 24.9 Å². The predicted octanol–water partition coefficient (Wildman–Crippen LogP) is 3.15. The first-order valence-corrected chi connectivity index (χ1v) is 7.89. The molecule has 0 aliphatic carbocycles. The van der Waals surface area contributed by atoms with Crippen molar-refractivity contribution in [1.82, 2.24) is 0 Å². The second-order valence-corrected chi connectivity index (χ2v) is 7.15. The van der Waals surface area contributed by atoms with Gasteiger partial charge in [0.05, 0.1) is 22.8 Å². The highest BCUT2D eigenvalue weighted by Crippen LogP contribution is 2.38. The summed E-state index contributed by atoms with van der Waals surface area (Å²) < 4.78 is 12.2. The van der Waals surface area contributed by atoms with Crippen molar-refractivity contribution in [3.63, 3.8) is 0 Å². The molecule has 0 spiro atoms. The average Bonchev–Trinajstić information content (AvgIpc) is 2.66. The maximum Gasteiger partial charge on any atom is 0.491 e. The van der Waals surface area contributed by atoms with Crippen molar-refractivity contribution in [2.75, 3.05) is 6.54 Å². The molecule has 1 heterocycles. The van der Waals surface area contributed by atoms with Crippen LogP contribution in [0.3, 0.4) is 0 Å². The first-order valence-electron chi connectivity index (χ1n) is 7.89. The Labute approximate surface area is 139 Å². The first-order chi connectivity index (χ1) is 10.6. The van der Waals surface area contributed by atoms with E-state index in [9.17, 15) is 0 Å². The second kappa shape index (κ2) is 6.12. The fourth-order valence-corrected chi connectivity index (χ4v) is 2.67. The molecule has 122 valence electrons. The van der Waals surface area contributed by atoms with E-state index in [-0.39, 0.29) is 11.2 Å². The maximum absolute atomic E-state index is 9.07. The van der Waals surface area contributed by atoms with Crippen LogP contribution in [0.25, 0.3) is 6.08 Å². The van der Waals surface area contributed by atoms with Crippen molar-refractivity contribution in [3.8, 4) is 6.07 Å². The van der Waals surface area contributed by atoms with E-state index in [2.05, 4.69) is 6.07 Å². The lowest BCUT2D eigenvalue weighted by molar-refractivity contribution is 0.00578. The van der Waals surface area contributed by atoms with E-state index >= 15 is 0 Å². The van der Waals surface area contributed by atoms with Crippen LogP contribution in [0, 0.1) is 25.2 Å². The summed E-state index contributed by atoms with van der Waals surface area (Å²) in [5.41, 5.74) is 9.91. The van der Waals surface area contributed by atoms with Crippen molar-refractivity contribution < 1.29 is 9.31 Å². The van der Waals surface area contributed by atoms with E-state index in [0.717, 1.165) is 22.2 Å². The molecular formula is C18H25BN2O2. The zero-order valence-corrected chi connectivity index (χ0v) is 14.9. The zero-order chi connectivity index (χ0) is 17.4. The van der Waals surface area contributed by atoms with E-state index in [1.807, 2.05) is 59.8 Å². The fraction of sp³-hybridized carbons (Fsp3) is 0.500. The van der Waals surface area contributed by atoms with Gasteiger partial charge in [-0.1, -0.05) is 6.08 Å². The molecule has 0 bridgehead atoms. The van der Waals surface area contributed by atoms with Gasteiger partial charge in [-0.05, 0) is 75.8 Å². The molecule has 0 unspecified atom stereocenters. The molecule has 0 saturated carbocycles. The fourth-order valence-electron chi connectivity index (χ4n) is 2.67. The lowest BCUT2D eigenvalue weighted by Crippen LogP contribution is -2.41. The molecule has 2 N–H and O–H groups in total. The summed E-state index contributed by atoms with van der Waals surface area (Å²) in [5, 5.41) is 9.07. The molecule has 1 saturated heterocycles. The summed E-state index contributed by atoms with van der Waals surface area (Å²) in [4.78, 5) is 0. The van der Waals surface area contributed by atoms with Gasteiger partial charge in [0.25, 0.3) is 0 Å². The molecule has 23 heavy (non-hydrogen) atoms. The second-order valence-electron chi connectivity index (χ2n) is 7.15. The number of nitrogens with zero attached hydrogens (tertiary/aromatic N) is 1. The number of hydrogen-bond donors (Lipinski definition) is 1. The summed E-state index contributed by atoms with van der Waals surface area (Å²) in [7, 11) is -0.445. The Morgan fingerprint density at radius 2 is 1.65 bits per heavy atom. The Morgan fingerprint density at radius 1 is 1.17 bits per heavy atom. The Kier molecular flexibility index (Phi) is 4.72. The van der Waals surface area contributed by atoms with Crippen LogP contribution in [0.2, 0.25) is 0 Å². The maximum atomic E-state index is 9.07. The summed E-state index contributed by atoms with van der Waals surface area (Å²) in [6, 6.07) is 5.96. The molecule has 2 rings (SSSR count). The minimum absolute atomic E-state index is 0.357. The highest BCUT2D eigenvalue weighted by Gasteiger charge is 2.52. The molecule has 1 aromatic rings. The van der Waals surface area contributed by atoms with Gasteiger partial charge in [-0.25, -0.2) is 0 Å². The van der Waals surface area contributed by atoms with Crippen molar-refractivity contribution >= 4 is 13.2 Å². The Balaban J connectivity index is 2.40. The smallest absolute Gasteiger partial charge is 0.400 e. The molecule has 1 aliphatic rings. The summed E-state index contributed by atoms with van der Waals surface area (Å²) in [5.74, 6) is 0. The third kappa shape index (κ3) is 3.35. The van der Waals surface area contributed by atoms with Gasteiger partial charge < -0.3 is 15.0 Å². The van der Waals surface area contributed by atoms with E-state index in [0.29, 0.717) is 12.1 Å². The Morgan fingerprint density at radius 3 is 2.04 bits per heavy atom. The molecule has 0 aromatic heterocycles. The average molecular weight is 312 g/mol. The van der Waals surface area contributed by atoms with Gasteiger partial charge in [-0.2, -0.15) is 5.26 Å². The summed E-state index contributed by atoms with van der Waals surface area (Å²) >= 11 is 0. The van der Waals surface area contributed by atoms with Gasteiger partial charge in [-0.15, -0.1) is 0 Å². The van der Waals surface area contributed by atoms with Crippen molar-refractivity contribution in [2.45, 2.75) is 52.7 Å².